The van der Waals surface area contributed by atoms with Crippen molar-refractivity contribution in [2.75, 3.05) is 25.6 Å². The van der Waals surface area contributed by atoms with E-state index in [0.717, 1.165) is 6.07 Å². The van der Waals surface area contributed by atoms with Crippen LogP contribution in [0.1, 0.15) is 23.0 Å². The number of benzene rings is 1. The van der Waals surface area contributed by atoms with Crippen LogP contribution in [0.2, 0.25) is 0 Å². The van der Waals surface area contributed by atoms with E-state index >= 15 is 0 Å². The van der Waals surface area contributed by atoms with Crippen molar-refractivity contribution in [2.45, 2.75) is 19.6 Å². The number of nitrogens with zero attached hydrogens (tertiary/aromatic N) is 1. The Kier molecular flexibility index (Phi) is 7.52. The van der Waals surface area contributed by atoms with Crippen molar-refractivity contribution in [3.63, 3.8) is 0 Å². The number of rotatable bonds is 10. The first-order valence-electron chi connectivity index (χ1n) is 8.44. The van der Waals surface area contributed by atoms with Crippen molar-refractivity contribution in [1.82, 2.24) is 5.32 Å². The molecule has 0 aliphatic rings. The lowest BCUT2D eigenvalue weighted by atomic mass is 10.1. The van der Waals surface area contributed by atoms with Crippen LogP contribution in [-0.2, 0) is 20.8 Å². The number of carbonyl (C=O) groups excluding carboxylic acids is 2. The Labute approximate surface area is 161 Å². The summed E-state index contributed by atoms with van der Waals surface area (Å²) in [5, 5.41) is 16.5. The molecule has 28 heavy (non-hydrogen) atoms. The van der Waals surface area contributed by atoms with Crippen LogP contribution in [0.5, 0.6) is 0 Å². The van der Waals surface area contributed by atoms with Gasteiger partial charge in [0.2, 0.25) is 0 Å². The summed E-state index contributed by atoms with van der Waals surface area (Å²) in [5.74, 6) is -0.830. The van der Waals surface area contributed by atoms with E-state index in [1.165, 1.54) is 32.4 Å². The standard InChI is InChI=1S/C18H21N3O7/c1-12(17(22)20-11-14-4-3-8-27-14)28-18(23)15-10-13(21(24)25)5-6-16(15)19-7-9-26-2/h3-6,8,10,12,19H,7,9,11H2,1-2H3,(H,20,22)/t12-/m0/s1. The van der Waals surface area contributed by atoms with Crippen LogP contribution in [0, 0.1) is 10.1 Å². The molecule has 2 N–H and O–H groups in total. The predicted molar refractivity (Wildman–Crippen MR) is 98.9 cm³/mol. The molecule has 2 rings (SSSR count). The van der Waals surface area contributed by atoms with Crippen molar-refractivity contribution >= 4 is 23.3 Å². The summed E-state index contributed by atoms with van der Waals surface area (Å²) in [7, 11) is 1.52. The quantitative estimate of drug-likeness (QED) is 0.272. The van der Waals surface area contributed by atoms with Crippen LogP contribution in [-0.4, -0.2) is 43.2 Å². The second kappa shape index (κ2) is 10.1. The molecule has 2 aromatic rings. The second-order valence-corrected chi connectivity index (χ2v) is 5.75. The molecule has 0 saturated carbocycles. The molecule has 1 aromatic carbocycles. The molecular formula is C18H21N3O7. The summed E-state index contributed by atoms with van der Waals surface area (Å²) in [4.78, 5) is 35.0. The average molecular weight is 391 g/mol. The third-order valence-electron chi connectivity index (χ3n) is 3.73. The summed E-state index contributed by atoms with van der Waals surface area (Å²) in [6.45, 7) is 2.31. The van der Waals surface area contributed by atoms with Crippen molar-refractivity contribution in [1.29, 1.82) is 0 Å². The maximum atomic E-state index is 12.5. The number of nitro benzene ring substituents is 1. The van der Waals surface area contributed by atoms with Gasteiger partial charge in [0.25, 0.3) is 11.6 Å². The lowest BCUT2D eigenvalue weighted by Gasteiger charge is -2.15. The lowest BCUT2D eigenvalue weighted by Crippen LogP contribution is -2.35. The molecule has 0 spiro atoms. The minimum absolute atomic E-state index is 0.0454. The summed E-state index contributed by atoms with van der Waals surface area (Å²) in [5.41, 5.74) is 0.0333. The van der Waals surface area contributed by atoms with E-state index < -0.39 is 22.9 Å². The van der Waals surface area contributed by atoms with Crippen LogP contribution in [0.4, 0.5) is 11.4 Å². The Morgan fingerprint density at radius 1 is 1.32 bits per heavy atom. The maximum Gasteiger partial charge on any atom is 0.341 e. The van der Waals surface area contributed by atoms with Gasteiger partial charge in [-0.1, -0.05) is 0 Å². The molecule has 10 nitrogen and oxygen atoms in total. The minimum atomic E-state index is -1.10. The van der Waals surface area contributed by atoms with Crippen LogP contribution < -0.4 is 10.6 Å². The van der Waals surface area contributed by atoms with Crippen molar-refractivity contribution in [2.24, 2.45) is 0 Å². The highest BCUT2D eigenvalue weighted by Crippen LogP contribution is 2.23. The van der Waals surface area contributed by atoms with E-state index in [2.05, 4.69) is 10.6 Å². The van der Waals surface area contributed by atoms with Crippen LogP contribution >= 0.6 is 0 Å². The van der Waals surface area contributed by atoms with Gasteiger partial charge in [-0.2, -0.15) is 0 Å². The largest absolute Gasteiger partial charge is 0.467 e. The minimum Gasteiger partial charge on any atom is -0.467 e. The molecule has 1 atom stereocenters. The highest BCUT2D eigenvalue weighted by atomic mass is 16.6. The van der Waals surface area contributed by atoms with Crippen LogP contribution in [0.3, 0.4) is 0 Å². The molecular weight excluding hydrogens is 370 g/mol. The summed E-state index contributed by atoms with van der Waals surface area (Å²) >= 11 is 0. The summed E-state index contributed by atoms with van der Waals surface area (Å²) in [6.07, 6.45) is 0.374. The monoisotopic (exact) mass is 391 g/mol. The molecule has 0 fully saturated rings. The van der Waals surface area contributed by atoms with E-state index in [-0.39, 0.29) is 17.8 Å². The number of methoxy groups -OCH3 is 1. The Bertz CT molecular complexity index is 821. The SMILES string of the molecule is COCCNc1ccc([N+](=O)[O-])cc1C(=O)O[C@@H](C)C(=O)NCc1ccco1. The molecule has 0 bridgehead atoms. The van der Waals surface area contributed by atoms with E-state index in [0.29, 0.717) is 24.6 Å². The van der Waals surface area contributed by atoms with Gasteiger partial charge in [0.1, 0.15) is 5.76 Å². The fourth-order valence-electron chi connectivity index (χ4n) is 2.27. The Morgan fingerprint density at radius 3 is 2.75 bits per heavy atom. The van der Waals surface area contributed by atoms with E-state index in [4.69, 9.17) is 13.9 Å². The smallest absolute Gasteiger partial charge is 0.341 e. The van der Waals surface area contributed by atoms with E-state index in [9.17, 15) is 19.7 Å². The average Bonchev–Trinajstić information content (AvgIpc) is 3.19. The number of non-ortho nitro benzene ring substituents is 1. The number of anilines is 1. The topological polar surface area (TPSA) is 133 Å². The number of furan rings is 1. The number of amides is 1. The highest BCUT2D eigenvalue weighted by Gasteiger charge is 2.23. The van der Waals surface area contributed by atoms with Gasteiger partial charge in [-0.3, -0.25) is 14.9 Å². The molecule has 0 aliphatic carbocycles. The van der Waals surface area contributed by atoms with E-state index in [1.807, 2.05) is 0 Å². The number of hydrogen-bond donors (Lipinski definition) is 2. The van der Waals surface area contributed by atoms with Crippen molar-refractivity contribution in [3.05, 3.63) is 58.0 Å². The molecule has 0 radical (unpaired) electrons. The number of ether oxygens (including phenoxy) is 2. The predicted octanol–water partition coefficient (Wildman–Crippen LogP) is 2.11. The molecule has 150 valence electrons. The molecule has 10 heteroatoms. The third-order valence-corrected chi connectivity index (χ3v) is 3.73. The van der Waals surface area contributed by atoms with Gasteiger partial charge < -0.3 is 24.5 Å². The second-order valence-electron chi connectivity index (χ2n) is 5.75. The van der Waals surface area contributed by atoms with Crippen molar-refractivity contribution in [3.8, 4) is 0 Å². The fourth-order valence-corrected chi connectivity index (χ4v) is 2.27. The molecule has 1 heterocycles. The first kappa shape index (κ1) is 20.9. The van der Waals surface area contributed by atoms with E-state index in [1.54, 1.807) is 12.1 Å². The van der Waals surface area contributed by atoms with Gasteiger partial charge in [0.05, 0.1) is 29.9 Å². The summed E-state index contributed by atoms with van der Waals surface area (Å²) < 4.78 is 15.2. The lowest BCUT2D eigenvalue weighted by molar-refractivity contribution is -0.384. The number of nitro groups is 1. The van der Waals surface area contributed by atoms with Gasteiger partial charge in [-0.25, -0.2) is 4.79 Å². The zero-order chi connectivity index (χ0) is 20.5. The molecule has 0 unspecified atom stereocenters. The van der Waals surface area contributed by atoms with Crippen LogP contribution in [0.25, 0.3) is 0 Å². The maximum absolute atomic E-state index is 12.5. The first-order valence-corrected chi connectivity index (χ1v) is 8.44. The Hall–Kier alpha value is -3.40. The zero-order valence-electron chi connectivity index (χ0n) is 15.5. The zero-order valence-corrected chi connectivity index (χ0v) is 15.5. The van der Waals surface area contributed by atoms with Gasteiger partial charge in [0, 0.05) is 31.5 Å². The normalized spacial score (nSPS) is 11.5. The highest BCUT2D eigenvalue weighted by molar-refractivity contribution is 5.98. The number of nitrogens with one attached hydrogen (secondary N) is 2. The molecule has 0 aliphatic heterocycles. The fraction of sp³-hybridized carbons (Fsp3) is 0.333. The van der Waals surface area contributed by atoms with Crippen LogP contribution in [0.15, 0.2) is 41.0 Å². The molecule has 1 aromatic heterocycles. The number of esters is 1. The number of hydrogen-bond acceptors (Lipinski definition) is 8. The van der Waals surface area contributed by atoms with Crippen molar-refractivity contribution < 1.29 is 28.4 Å². The third kappa shape index (κ3) is 5.81. The van der Waals surface area contributed by atoms with Gasteiger partial charge in [0.15, 0.2) is 6.10 Å². The Morgan fingerprint density at radius 2 is 2.11 bits per heavy atom. The van der Waals surface area contributed by atoms with Gasteiger partial charge in [-0.05, 0) is 25.1 Å². The summed E-state index contributed by atoms with van der Waals surface area (Å²) in [6, 6.07) is 7.16. The Balaban J connectivity index is 2.06. The van der Waals surface area contributed by atoms with Gasteiger partial charge in [-0.15, -0.1) is 0 Å². The molecule has 1 amide bonds. The molecule has 0 saturated heterocycles. The number of carbonyl (C=O) groups is 2. The first-order chi connectivity index (χ1) is 13.4. The van der Waals surface area contributed by atoms with Gasteiger partial charge >= 0.3 is 5.97 Å².